The highest BCUT2D eigenvalue weighted by Gasteiger charge is 2.09. The molecule has 0 unspecified atom stereocenters. The van der Waals surface area contributed by atoms with Crippen LogP contribution in [0.1, 0.15) is 12.0 Å². The van der Waals surface area contributed by atoms with Crippen LogP contribution in [0.15, 0.2) is 46.9 Å². The zero-order chi connectivity index (χ0) is 16.2. The molecule has 0 aliphatic heterocycles. The number of halogens is 1. The van der Waals surface area contributed by atoms with Crippen molar-refractivity contribution in [3.05, 3.63) is 53.8 Å². The van der Waals surface area contributed by atoms with Crippen molar-refractivity contribution in [3.8, 4) is 11.5 Å². The van der Waals surface area contributed by atoms with Gasteiger partial charge in [0.05, 0.1) is 6.42 Å². The number of oxazole rings is 1. The second-order valence-corrected chi connectivity index (χ2v) is 5.15. The molecule has 0 aliphatic rings. The van der Waals surface area contributed by atoms with Crippen molar-refractivity contribution >= 4 is 17.1 Å². The summed E-state index contributed by atoms with van der Waals surface area (Å²) < 4.78 is 18.7. The van der Waals surface area contributed by atoms with Gasteiger partial charge in [-0.2, -0.15) is 0 Å². The first-order valence-electron chi connectivity index (χ1n) is 7.20. The molecule has 1 heterocycles. The number of hydrogen-bond donors (Lipinski definition) is 2. The summed E-state index contributed by atoms with van der Waals surface area (Å²) >= 11 is 0. The molecule has 0 amide bonds. The van der Waals surface area contributed by atoms with E-state index >= 15 is 0 Å². The fraction of sp³-hybridized carbons (Fsp3) is 0.176. The Hall–Kier alpha value is -2.73. The van der Waals surface area contributed by atoms with Crippen LogP contribution in [0.5, 0.6) is 0 Å². The largest absolute Gasteiger partial charge is 0.481 e. The van der Waals surface area contributed by atoms with Crippen molar-refractivity contribution in [2.24, 2.45) is 0 Å². The highest BCUT2D eigenvalue weighted by molar-refractivity contribution is 5.76. The fourth-order valence-corrected chi connectivity index (χ4v) is 2.22. The molecule has 3 aromatic rings. The van der Waals surface area contributed by atoms with Crippen LogP contribution in [0.2, 0.25) is 0 Å². The zero-order valence-corrected chi connectivity index (χ0v) is 12.3. The summed E-state index contributed by atoms with van der Waals surface area (Å²) in [5.41, 5.74) is 3.05. The third kappa shape index (κ3) is 3.73. The van der Waals surface area contributed by atoms with Crippen LogP contribution in [0.4, 0.5) is 4.39 Å². The lowest BCUT2D eigenvalue weighted by molar-refractivity contribution is -0.136. The molecule has 0 saturated heterocycles. The van der Waals surface area contributed by atoms with E-state index in [4.69, 9.17) is 9.52 Å². The molecule has 0 bridgehead atoms. The van der Waals surface area contributed by atoms with E-state index in [1.165, 1.54) is 12.1 Å². The molecular formula is C17H15FN2O3. The Bertz CT molecular complexity index is 827. The number of rotatable bonds is 6. The van der Waals surface area contributed by atoms with Gasteiger partial charge in [0.2, 0.25) is 5.89 Å². The van der Waals surface area contributed by atoms with Gasteiger partial charge in [-0.1, -0.05) is 6.07 Å². The van der Waals surface area contributed by atoms with Crippen LogP contribution in [-0.2, 0) is 11.3 Å². The van der Waals surface area contributed by atoms with Gasteiger partial charge in [-0.15, -0.1) is 0 Å². The van der Waals surface area contributed by atoms with Crippen LogP contribution in [0.25, 0.3) is 22.6 Å². The predicted octanol–water partition coefficient (Wildman–Crippen LogP) is 3.20. The number of carbonyl (C=O) groups is 1. The summed E-state index contributed by atoms with van der Waals surface area (Å²) in [6.07, 6.45) is 0.0826. The van der Waals surface area contributed by atoms with Crippen LogP contribution < -0.4 is 5.32 Å². The molecule has 5 nitrogen and oxygen atoms in total. The molecule has 0 fully saturated rings. The summed E-state index contributed by atoms with van der Waals surface area (Å²) in [4.78, 5) is 14.8. The first-order chi connectivity index (χ1) is 11.1. The van der Waals surface area contributed by atoms with Gasteiger partial charge in [-0.3, -0.25) is 4.79 Å². The summed E-state index contributed by atoms with van der Waals surface area (Å²) in [6.45, 7) is 0.959. The minimum absolute atomic E-state index is 0.0826. The number of carboxylic acid groups (broad SMARTS) is 1. The van der Waals surface area contributed by atoms with Crippen molar-refractivity contribution in [1.82, 2.24) is 10.3 Å². The van der Waals surface area contributed by atoms with Gasteiger partial charge < -0.3 is 14.8 Å². The molecule has 23 heavy (non-hydrogen) atoms. The first kappa shape index (κ1) is 15.2. The molecule has 0 aliphatic carbocycles. The van der Waals surface area contributed by atoms with Crippen LogP contribution >= 0.6 is 0 Å². The van der Waals surface area contributed by atoms with E-state index in [-0.39, 0.29) is 12.2 Å². The van der Waals surface area contributed by atoms with Gasteiger partial charge in [-0.25, -0.2) is 9.37 Å². The smallest absolute Gasteiger partial charge is 0.304 e. The van der Waals surface area contributed by atoms with E-state index in [1.807, 2.05) is 18.2 Å². The maximum atomic E-state index is 13.0. The van der Waals surface area contributed by atoms with Gasteiger partial charge in [0.25, 0.3) is 0 Å². The topological polar surface area (TPSA) is 75.4 Å². The highest BCUT2D eigenvalue weighted by atomic mass is 19.1. The lowest BCUT2D eigenvalue weighted by Crippen LogP contribution is -2.17. The number of benzene rings is 2. The number of carboxylic acids is 1. The normalized spacial score (nSPS) is 11.0. The second kappa shape index (κ2) is 6.58. The van der Waals surface area contributed by atoms with Crippen LogP contribution in [-0.4, -0.2) is 22.6 Å². The van der Waals surface area contributed by atoms with Crippen molar-refractivity contribution < 1.29 is 18.7 Å². The predicted molar refractivity (Wildman–Crippen MR) is 83.4 cm³/mol. The third-order valence-electron chi connectivity index (χ3n) is 3.39. The number of hydrogen-bond acceptors (Lipinski definition) is 4. The monoisotopic (exact) mass is 314 g/mol. The molecule has 3 rings (SSSR count). The lowest BCUT2D eigenvalue weighted by Gasteiger charge is -2.02. The van der Waals surface area contributed by atoms with E-state index in [1.54, 1.807) is 12.1 Å². The highest BCUT2D eigenvalue weighted by Crippen LogP contribution is 2.25. The Morgan fingerprint density at radius 3 is 2.74 bits per heavy atom. The van der Waals surface area contributed by atoms with Gasteiger partial charge in [0.15, 0.2) is 5.58 Å². The van der Waals surface area contributed by atoms with Gasteiger partial charge in [0, 0.05) is 18.7 Å². The zero-order valence-electron chi connectivity index (χ0n) is 12.3. The van der Waals surface area contributed by atoms with Gasteiger partial charge in [0.1, 0.15) is 11.3 Å². The number of aliphatic carboxylic acids is 1. The second-order valence-electron chi connectivity index (χ2n) is 5.15. The number of aromatic nitrogens is 1. The molecule has 118 valence electrons. The number of fused-ring (bicyclic) bond motifs is 1. The molecule has 2 aromatic carbocycles. The number of nitrogens with zero attached hydrogens (tertiary/aromatic N) is 1. The Kier molecular flexibility index (Phi) is 4.34. The summed E-state index contributed by atoms with van der Waals surface area (Å²) in [7, 11) is 0. The quantitative estimate of drug-likeness (QED) is 0.683. The molecule has 6 heteroatoms. The molecule has 0 saturated carbocycles. The fourth-order valence-electron chi connectivity index (χ4n) is 2.22. The van der Waals surface area contributed by atoms with Crippen LogP contribution in [0, 0.1) is 5.82 Å². The van der Waals surface area contributed by atoms with E-state index in [0.717, 1.165) is 11.1 Å². The minimum atomic E-state index is -0.827. The van der Waals surface area contributed by atoms with Crippen molar-refractivity contribution in [3.63, 3.8) is 0 Å². The molecule has 1 aromatic heterocycles. The Morgan fingerprint density at radius 2 is 2.00 bits per heavy atom. The Labute approximate surface area is 131 Å². The first-order valence-corrected chi connectivity index (χ1v) is 7.20. The maximum absolute atomic E-state index is 13.0. The summed E-state index contributed by atoms with van der Waals surface area (Å²) in [5, 5.41) is 11.7. The summed E-state index contributed by atoms with van der Waals surface area (Å²) in [6, 6.07) is 11.6. The molecule has 0 spiro atoms. The Morgan fingerprint density at radius 1 is 1.22 bits per heavy atom. The average molecular weight is 314 g/mol. The molecular weight excluding hydrogens is 299 g/mol. The molecule has 0 radical (unpaired) electrons. The number of nitrogens with one attached hydrogen (secondary N) is 1. The SMILES string of the molecule is O=C(O)CCNCc1ccc2nc(-c3ccc(F)cc3)oc2c1. The van der Waals surface area contributed by atoms with Crippen molar-refractivity contribution in [2.75, 3.05) is 6.54 Å². The minimum Gasteiger partial charge on any atom is -0.481 e. The van der Waals surface area contributed by atoms with Crippen molar-refractivity contribution in [1.29, 1.82) is 0 Å². The average Bonchev–Trinajstić information content (AvgIpc) is 2.95. The van der Waals surface area contributed by atoms with Gasteiger partial charge >= 0.3 is 5.97 Å². The lowest BCUT2D eigenvalue weighted by atomic mass is 10.2. The molecule has 0 atom stereocenters. The molecule has 2 N–H and O–H groups in total. The van der Waals surface area contributed by atoms with E-state index in [2.05, 4.69) is 10.3 Å². The van der Waals surface area contributed by atoms with E-state index in [0.29, 0.717) is 30.1 Å². The van der Waals surface area contributed by atoms with Crippen LogP contribution in [0.3, 0.4) is 0 Å². The van der Waals surface area contributed by atoms with Crippen molar-refractivity contribution in [2.45, 2.75) is 13.0 Å². The van der Waals surface area contributed by atoms with Gasteiger partial charge in [-0.05, 0) is 42.0 Å². The standard InChI is InChI=1S/C17H15FN2O3/c18-13-4-2-12(3-5-13)17-20-14-6-1-11(9-15(14)23-17)10-19-8-7-16(21)22/h1-6,9,19H,7-8,10H2,(H,21,22). The van der Waals surface area contributed by atoms with E-state index < -0.39 is 5.97 Å². The maximum Gasteiger partial charge on any atom is 0.304 e. The summed E-state index contributed by atoms with van der Waals surface area (Å²) in [5.74, 6) is -0.692. The van der Waals surface area contributed by atoms with E-state index in [9.17, 15) is 9.18 Å². The third-order valence-corrected chi connectivity index (χ3v) is 3.39. The Balaban J connectivity index is 1.75.